The third-order valence-corrected chi connectivity index (χ3v) is 2.02. The van der Waals surface area contributed by atoms with Gasteiger partial charge < -0.3 is 10.5 Å². The molecule has 0 spiro atoms. The summed E-state index contributed by atoms with van der Waals surface area (Å²) in [6.07, 6.45) is 0. The van der Waals surface area contributed by atoms with Crippen LogP contribution in [0.4, 0.5) is 5.69 Å². The SMILES string of the molecule is Nc1ccc(COc2ccc(=O)[nH]n2)cc1. The summed E-state index contributed by atoms with van der Waals surface area (Å²) in [4.78, 5) is 10.7. The van der Waals surface area contributed by atoms with Crippen molar-refractivity contribution in [3.63, 3.8) is 0 Å². The Morgan fingerprint density at radius 1 is 1.19 bits per heavy atom. The molecule has 0 unspecified atom stereocenters. The van der Waals surface area contributed by atoms with Crippen LogP contribution < -0.4 is 16.0 Å². The van der Waals surface area contributed by atoms with Crippen LogP contribution in [0.3, 0.4) is 0 Å². The van der Waals surface area contributed by atoms with Crippen molar-refractivity contribution < 1.29 is 4.74 Å². The summed E-state index contributed by atoms with van der Waals surface area (Å²) in [5.74, 6) is 0.386. The van der Waals surface area contributed by atoms with Crippen molar-refractivity contribution in [3.8, 4) is 5.88 Å². The van der Waals surface area contributed by atoms with Gasteiger partial charge in [0.2, 0.25) is 5.88 Å². The Kier molecular flexibility index (Phi) is 2.86. The Morgan fingerprint density at radius 2 is 1.94 bits per heavy atom. The fourth-order valence-electron chi connectivity index (χ4n) is 1.18. The number of nitrogens with two attached hydrogens (primary N) is 1. The highest BCUT2D eigenvalue weighted by Crippen LogP contribution is 2.08. The minimum atomic E-state index is -0.250. The Labute approximate surface area is 91.9 Å². The predicted molar refractivity (Wildman–Crippen MR) is 60.0 cm³/mol. The number of aromatic amines is 1. The summed E-state index contributed by atoms with van der Waals surface area (Å²) >= 11 is 0. The molecule has 0 atom stereocenters. The number of nitrogens with zero attached hydrogens (tertiary/aromatic N) is 1. The molecule has 5 nitrogen and oxygen atoms in total. The largest absolute Gasteiger partial charge is 0.472 e. The Hall–Kier alpha value is -2.30. The van der Waals surface area contributed by atoms with Crippen LogP contribution in [-0.2, 0) is 6.61 Å². The van der Waals surface area contributed by atoms with Crippen molar-refractivity contribution in [3.05, 3.63) is 52.3 Å². The van der Waals surface area contributed by atoms with Crippen molar-refractivity contribution in [2.24, 2.45) is 0 Å². The molecule has 2 rings (SSSR count). The molecule has 0 saturated carbocycles. The Bertz CT molecular complexity index is 499. The summed E-state index contributed by atoms with van der Waals surface area (Å²) in [6, 6.07) is 10.3. The van der Waals surface area contributed by atoms with Gasteiger partial charge in [-0.3, -0.25) is 4.79 Å². The smallest absolute Gasteiger partial charge is 0.264 e. The van der Waals surface area contributed by atoms with E-state index in [-0.39, 0.29) is 5.56 Å². The first kappa shape index (κ1) is 10.2. The summed E-state index contributed by atoms with van der Waals surface area (Å²) in [6.45, 7) is 0.388. The molecule has 1 aromatic carbocycles. The fraction of sp³-hybridized carbons (Fsp3) is 0.0909. The summed E-state index contributed by atoms with van der Waals surface area (Å²) in [5.41, 5.74) is 7.01. The van der Waals surface area contributed by atoms with Gasteiger partial charge in [0.25, 0.3) is 5.56 Å². The number of benzene rings is 1. The molecule has 0 fully saturated rings. The van der Waals surface area contributed by atoms with Gasteiger partial charge in [-0.1, -0.05) is 12.1 Å². The number of hydrogen-bond acceptors (Lipinski definition) is 4. The van der Waals surface area contributed by atoms with Crippen LogP contribution in [0, 0.1) is 0 Å². The zero-order chi connectivity index (χ0) is 11.4. The summed E-state index contributed by atoms with van der Waals surface area (Å²) in [7, 11) is 0. The number of nitrogen functional groups attached to an aromatic ring is 1. The molecule has 1 heterocycles. The van der Waals surface area contributed by atoms with E-state index in [0.717, 1.165) is 5.56 Å². The minimum absolute atomic E-state index is 0.250. The van der Waals surface area contributed by atoms with Gasteiger partial charge in [-0.05, 0) is 17.7 Å². The fourth-order valence-corrected chi connectivity index (χ4v) is 1.18. The minimum Gasteiger partial charge on any atom is -0.472 e. The van der Waals surface area contributed by atoms with Gasteiger partial charge in [0.15, 0.2) is 0 Å². The van der Waals surface area contributed by atoms with E-state index in [0.29, 0.717) is 18.2 Å². The first-order valence-electron chi connectivity index (χ1n) is 4.77. The maximum absolute atomic E-state index is 10.7. The molecule has 0 saturated heterocycles. The number of hydrogen-bond donors (Lipinski definition) is 2. The molecule has 0 amide bonds. The molecule has 82 valence electrons. The van der Waals surface area contributed by atoms with E-state index in [1.807, 2.05) is 12.1 Å². The van der Waals surface area contributed by atoms with E-state index in [1.165, 1.54) is 12.1 Å². The van der Waals surface area contributed by atoms with Crippen LogP contribution in [-0.4, -0.2) is 10.2 Å². The molecule has 5 heteroatoms. The van der Waals surface area contributed by atoms with Crippen LogP contribution in [0.2, 0.25) is 0 Å². The van der Waals surface area contributed by atoms with Gasteiger partial charge in [-0.2, -0.15) is 0 Å². The van der Waals surface area contributed by atoms with E-state index in [9.17, 15) is 4.79 Å². The van der Waals surface area contributed by atoms with Gasteiger partial charge in [-0.25, -0.2) is 5.10 Å². The van der Waals surface area contributed by atoms with Crippen LogP contribution in [0.25, 0.3) is 0 Å². The number of nitrogens with one attached hydrogen (secondary N) is 1. The predicted octanol–water partition coefficient (Wildman–Crippen LogP) is 0.931. The first-order chi connectivity index (χ1) is 7.74. The normalized spacial score (nSPS) is 10.0. The molecule has 1 aromatic heterocycles. The highest BCUT2D eigenvalue weighted by atomic mass is 16.5. The lowest BCUT2D eigenvalue weighted by molar-refractivity contribution is 0.290. The molecular weight excluding hydrogens is 206 g/mol. The number of aromatic nitrogens is 2. The second-order valence-corrected chi connectivity index (χ2v) is 3.29. The van der Waals surface area contributed by atoms with Crippen molar-refractivity contribution >= 4 is 5.69 Å². The van der Waals surface area contributed by atoms with Crippen molar-refractivity contribution in [2.75, 3.05) is 5.73 Å². The van der Waals surface area contributed by atoms with Gasteiger partial charge in [-0.15, -0.1) is 5.10 Å². The maximum atomic E-state index is 10.7. The zero-order valence-electron chi connectivity index (χ0n) is 8.51. The van der Waals surface area contributed by atoms with Crippen molar-refractivity contribution in [1.82, 2.24) is 10.2 Å². The molecule has 16 heavy (non-hydrogen) atoms. The Morgan fingerprint density at radius 3 is 2.56 bits per heavy atom. The van der Waals surface area contributed by atoms with E-state index in [2.05, 4.69) is 10.2 Å². The number of rotatable bonds is 3. The number of ether oxygens (including phenoxy) is 1. The van der Waals surface area contributed by atoms with E-state index in [4.69, 9.17) is 10.5 Å². The molecule has 0 aliphatic heterocycles. The van der Waals surface area contributed by atoms with E-state index >= 15 is 0 Å². The van der Waals surface area contributed by atoms with Gasteiger partial charge in [0.1, 0.15) is 6.61 Å². The summed E-state index contributed by atoms with van der Waals surface area (Å²) < 4.78 is 5.36. The average molecular weight is 217 g/mol. The monoisotopic (exact) mass is 217 g/mol. The highest BCUT2D eigenvalue weighted by molar-refractivity contribution is 5.39. The third-order valence-electron chi connectivity index (χ3n) is 2.02. The highest BCUT2D eigenvalue weighted by Gasteiger charge is 1.97. The maximum Gasteiger partial charge on any atom is 0.264 e. The van der Waals surface area contributed by atoms with Crippen LogP contribution in [0.15, 0.2) is 41.2 Å². The van der Waals surface area contributed by atoms with Crippen LogP contribution in [0.1, 0.15) is 5.56 Å². The topological polar surface area (TPSA) is 81.0 Å². The Balaban J connectivity index is 1.99. The molecule has 3 N–H and O–H groups in total. The molecular formula is C11H11N3O2. The van der Waals surface area contributed by atoms with Crippen molar-refractivity contribution in [2.45, 2.75) is 6.61 Å². The van der Waals surface area contributed by atoms with Gasteiger partial charge >= 0.3 is 0 Å². The number of anilines is 1. The lowest BCUT2D eigenvalue weighted by Crippen LogP contribution is -2.07. The van der Waals surface area contributed by atoms with Gasteiger partial charge in [0.05, 0.1) is 0 Å². The van der Waals surface area contributed by atoms with Gasteiger partial charge in [0, 0.05) is 17.8 Å². The standard InChI is InChI=1S/C11H11N3O2/c12-9-3-1-8(2-4-9)7-16-11-6-5-10(15)13-14-11/h1-6H,7,12H2,(H,13,15). The van der Waals surface area contributed by atoms with Crippen LogP contribution in [0.5, 0.6) is 5.88 Å². The number of H-pyrrole nitrogens is 1. The molecule has 0 aliphatic carbocycles. The van der Waals surface area contributed by atoms with Crippen LogP contribution >= 0.6 is 0 Å². The molecule has 0 bridgehead atoms. The zero-order valence-corrected chi connectivity index (χ0v) is 8.51. The summed E-state index contributed by atoms with van der Waals surface area (Å²) in [5, 5.41) is 6.02. The lowest BCUT2D eigenvalue weighted by Gasteiger charge is -2.04. The average Bonchev–Trinajstić information content (AvgIpc) is 2.30. The third kappa shape index (κ3) is 2.60. The lowest BCUT2D eigenvalue weighted by atomic mass is 10.2. The molecule has 0 aliphatic rings. The molecule has 0 radical (unpaired) electrons. The molecule has 2 aromatic rings. The van der Waals surface area contributed by atoms with E-state index in [1.54, 1.807) is 12.1 Å². The van der Waals surface area contributed by atoms with Crippen molar-refractivity contribution in [1.29, 1.82) is 0 Å². The quantitative estimate of drug-likeness (QED) is 0.749. The second kappa shape index (κ2) is 4.48. The first-order valence-corrected chi connectivity index (χ1v) is 4.77. The second-order valence-electron chi connectivity index (χ2n) is 3.29. The van der Waals surface area contributed by atoms with E-state index < -0.39 is 0 Å².